The summed E-state index contributed by atoms with van der Waals surface area (Å²) in [6.45, 7) is 7.26. The fourth-order valence-electron chi connectivity index (χ4n) is 1.70. The molecule has 0 fully saturated rings. The van der Waals surface area contributed by atoms with Gasteiger partial charge in [-0.2, -0.15) is 4.31 Å². The molecule has 0 heterocycles. The Morgan fingerprint density at radius 3 is 2.50 bits per heavy atom. The zero-order valence-corrected chi connectivity index (χ0v) is 12.5. The molecular weight excluding hydrogens is 278 g/mol. The maximum absolute atomic E-state index is 12.5. The van der Waals surface area contributed by atoms with Crippen LogP contribution in [0.2, 0.25) is 0 Å². The molecule has 1 N–H and O–H groups in total. The molecule has 0 aromatic heterocycles. The van der Waals surface area contributed by atoms with Crippen LogP contribution in [0.15, 0.2) is 35.7 Å². The molecule has 5 nitrogen and oxygen atoms in total. The smallest absolute Gasteiger partial charge is 0.304 e. The normalized spacial score (nSPS) is 11.6. The summed E-state index contributed by atoms with van der Waals surface area (Å²) in [5, 5.41) is 8.70. The first-order valence-electron chi connectivity index (χ1n) is 6.19. The van der Waals surface area contributed by atoms with Crippen molar-refractivity contribution >= 4 is 16.0 Å². The third kappa shape index (κ3) is 3.91. The van der Waals surface area contributed by atoms with Crippen LogP contribution in [0.1, 0.15) is 17.5 Å². The van der Waals surface area contributed by atoms with Crippen molar-refractivity contribution in [3.8, 4) is 0 Å². The number of carboxylic acids is 1. The molecular formula is C14H19NO4S. The first-order valence-corrected chi connectivity index (χ1v) is 7.63. The van der Waals surface area contributed by atoms with Gasteiger partial charge in [0.25, 0.3) is 0 Å². The Balaban J connectivity index is 3.11. The molecule has 1 aromatic rings. The summed E-state index contributed by atoms with van der Waals surface area (Å²) in [4.78, 5) is 10.8. The van der Waals surface area contributed by atoms with Crippen LogP contribution in [0.5, 0.6) is 0 Å². The minimum absolute atomic E-state index is 0.0728. The zero-order valence-electron chi connectivity index (χ0n) is 11.7. The molecule has 1 aromatic carbocycles. The molecule has 0 atom stereocenters. The highest BCUT2D eigenvalue weighted by molar-refractivity contribution is 7.89. The van der Waals surface area contributed by atoms with Gasteiger partial charge in [-0.15, -0.1) is 6.58 Å². The molecule has 0 amide bonds. The summed E-state index contributed by atoms with van der Waals surface area (Å²) in [6, 6.07) is 4.88. The van der Waals surface area contributed by atoms with E-state index in [1.165, 1.54) is 12.1 Å². The van der Waals surface area contributed by atoms with Gasteiger partial charge in [0.15, 0.2) is 0 Å². The van der Waals surface area contributed by atoms with E-state index >= 15 is 0 Å². The summed E-state index contributed by atoms with van der Waals surface area (Å²) in [5.41, 5.74) is 1.88. The third-order valence-electron chi connectivity index (χ3n) is 3.02. The summed E-state index contributed by atoms with van der Waals surface area (Å²) in [6.07, 6.45) is 1.21. The van der Waals surface area contributed by atoms with E-state index in [1.807, 2.05) is 13.8 Å². The van der Waals surface area contributed by atoms with Crippen LogP contribution in [0.25, 0.3) is 0 Å². The average molecular weight is 297 g/mol. The standard InChI is InChI=1S/C14H19NO4S/c1-4-8-15(9-7-14(16)17)20(18,19)13-6-5-11(2)12(3)10-13/h4-6,10H,1,7-9H2,2-3H3,(H,16,17). The first kappa shape index (κ1) is 16.4. The second kappa shape index (κ2) is 6.67. The highest BCUT2D eigenvalue weighted by Gasteiger charge is 2.24. The second-order valence-electron chi connectivity index (χ2n) is 4.54. The molecule has 0 bridgehead atoms. The van der Waals surface area contributed by atoms with Gasteiger partial charge in [-0.3, -0.25) is 4.79 Å². The van der Waals surface area contributed by atoms with Crippen LogP contribution in [0.4, 0.5) is 0 Å². The number of sulfonamides is 1. The monoisotopic (exact) mass is 297 g/mol. The molecule has 0 unspecified atom stereocenters. The number of aryl methyl sites for hydroxylation is 2. The quantitative estimate of drug-likeness (QED) is 0.781. The molecule has 0 saturated carbocycles. The SMILES string of the molecule is C=CCN(CCC(=O)O)S(=O)(=O)c1ccc(C)c(C)c1. The predicted molar refractivity (Wildman–Crippen MR) is 77.1 cm³/mol. The number of hydrogen-bond donors (Lipinski definition) is 1. The largest absolute Gasteiger partial charge is 0.481 e. The number of benzene rings is 1. The van der Waals surface area contributed by atoms with Gasteiger partial charge in [0.1, 0.15) is 0 Å². The lowest BCUT2D eigenvalue weighted by Crippen LogP contribution is -2.33. The fraction of sp³-hybridized carbons (Fsp3) is 0.357. The Morgan fingerprint density at radius 1 is 1.35 bits per heavy atom. The van der Waals surface area contributed by atoms with Crippen LogP contribution in [-0.2, 0) is 14.8 Å². The maximum Gasteiger partial charge on any atom is 0.304 e. The van der Waals surface area contributed by atoms with Crippen LogP contribution < -0.4 is 0 Å². The third-order valence-corrected chi connectivity index (χ3v) is 4.89. The molecule has 6 heteroatoms. The van der Waals surface area contributed by atoms with E-state index in [2.05, 4.69) is 6.58 Å². The van der Waals surface area contributed by atoms with Crippen molar-refractivity contribution in [2.75, 3.05) is 13.1 Å². The van der Waals surface area contributed by atoms with Gasteiger partial charge in [0, 0.05) is 13.1 Å². The predicted octanol–water partition coefficient (Wildman–Crippen LogP) is 1.95. The molecule has 110 valence electrons. The first-order chi connectivity index (χ1) is 9.28. The summed E-state index contributed by atoms with van der Waals surface area (Å²) in [7, 11) is -3.70. The lowest BCUT2D eigenvalue weighted by molar-refractivity contribution is -0.137. The van der Waals surface area contributed by atoms with E-state index in [0.29, 0.717) is 0 Å². The summed E-state index contributed by atoms with van der Waals surface area (Å²) >= 11 is 0. The van der Waals surface area contributed by atoms with Crippen molar-refractivity contribution in [3.05, 3.63) is 42.0 Å². The average Bonchev–Trinajstić information content (AvgIpc) is 2.37. The fourth-order valence-corrected chi connectivity index (χ4v) is 3.19. The van der Waals surface area contributed by atoms with Crippen molar-refractivity contribution in [3.63, 3.8) is 0 Å². The van der Waals surface area contributed by atoms with Crippen LogP contribution in [0.3, 0.4) is 0 Å². The number of carboxylic acid groups (broad SMARTS) is 1. The molecule has 1 rings (SSSR count). The van der Waals surface area contributed by atoms with Gasteiger partial charge in [0.05, 0.1) is 11.3 Å². The molecule has 0 radical (unpaired) electrons. The Morgan fingerprint density at radius 2 is 2.00 bits per heavy atom. The van der Waals surface area contributed by atoms with Crippen molar-refractivity contribution in [1.29, 1.82) is 0 Å². The van der Waals surface area contributed by atoms with Crippen LogP contribution in [0, 0.1) is 13.8 Å². The molecule has 0 aliphatic rings. The van der Waals surface area contributed by atoms with Gasteiger partial charge in [-0.25, -0.2) is 8.42 Å². The van der Waals surface area contributed by atoms with Crippen molar-refractivity contribution in [2.24, 2.45) is 0 Å². The number of rotatable bonds is 7. The van der Waals surface area contributed by atoms with E-state index < -0.39 is 16.0 Å². The number of nitrogens with zero attached hydrogens (tertiary/aromatic N) is 1. The Kier molecular flexibility index (Phi) is 5.47. The topological polar surface area (TPSA) is 74.7 Å². The molecule has 0 saturated heterocycles. The van der Waals surface area contributed by atoms with Crippen LogP contribution >= 0.6 is 0 Å². The highest BCUT2D eigenvalue weighted by atomic mass is 32.2. The highest BCUT2D eigenvalue weighted by Crippen LogP contribution is 2.19. The molecule has 0 spiro atoms. The van der Waals surface area contributed by atoms with E-state index in [1.54, 1.807) is 12.1 Å². The van der Waals surface area contributed by atoms with E-state index in [0.717, 1.165) is 15.4 Å². The van der Waals surface area contributed by atoms with Gasteiger partial charge in [0.2, 0.25) is 10.0 Å². The Hall–Kier alpha value is -1.66. The van der Waals surface area contributed by atoms with Crippen LogP contribution in [-0.4, -0.2) is 36.9 Å². The number of aliphatic carboxylic acids is 1. The zero-order chi connectivity index (χ0) is 15.3. The van der Waals surface area contributed by atoms with E-state index in [4.69, 9.17) is 5.11 Å². The number of carbonyl (C=O) groups is 1. The summed E-state index contributed by atoms with van der Waals surface area (Å²) < 4.78 is 26.1. The minimum Gasteiger partial charge on any atom is -0.481 e. The van der Waals surface area contributed by atoms with Crippen molar-refractivity contribution in [2.45, 2.75) is 25.2 Å². The van der Waals surface area contributed by atoms with E-state index in [-0.39, 0.29) is 24.4 Å². The van der Waals surface area contributed by atoms with Gasteiger partial charge in [-0.1, -0.05) is 12.1 Å². The van der Waals surface area contributed by atoms with E-state index in [9.17, 15) is 13.2 Å². The summed E-state index contributed by atoms with van der Waals surface area (Å²) in [5.74, 6) is -1.03. The van der Waals surface area contributed by atoms with Gasteiger partial charge < -0.3 is 5.11 Å². The Labute approximate surface area is 119 Å². The lowest BCUT2D eigenvalue weighted by Gasteiger charge is -2.20. The van der Waals surface area contributed by atoms with Crippen molar-refractivity contribution < 1.29 is 18.3 Å². The number of hydrogen-bond acceptors (Lipinski definition) is 3. The molecule has 0 aliphatic carbocycles. The van der Waals surface area contributed by atoms with Crippen molar-refractivity contribution in [1.82, 2.24) is 4.31 Å². The minimum atomic E-state index is -3.70. The lowest BCUT2D eigenvalue weighted by atomic mass is 10.1. The Bertz CT molecular complexity index is 608. The second-order valence-corrected chi connectivity index (χ2v) is 6.48. The van der Waals surface area contributed by atoms with Gasteiger partial charge in [-0.05, 0) is 37.1 Å². The maximum atomic E-state index is 12.5. The van der Waals surface area contributed by atoms with Gasteiger partial charge >= 0.3 is 5.97 Å². The molecule has 0 aliphatic heterocycles. The molecule has 20 heavy (non-hydrogen) atoms.